The molecule has 0 aliphatic carbocycles. The zero-order valence-electron chi connectivity index (χ0n) is 18.9. The van der Waals surface area contributed by atoms with E-state index in [1.807, 2.05) is 0 Å². The highest BCUT2D eigenvalue weighted by molar-refractivity contribution is 5.22. The number of hydrogen-bond donors (Lipinski definition) is 0. The van der Waals surface area contributed by atoms with Crippen molar-refractivity contribution in [2.45, 2.75) is 97.2 Å². The van der Waals surface area contributed by atoms with Gasteiger partial charge in [-0.1, -0.05) is 95.6 Å². The Kier molecular flexibility index (Phi) is 15.3. The van der Waals surface area contributed by atoms with Crippen molar-refractivity contribution < 1.29 is 21.6 Å². The lowest BCUT2D eigenvalue weighted by molar-refractivity contribution is -0.946. The van der Waals surface area contributed by atoms with Crippen molar-refractivity contribution in [1.82, 2.24) is 0 Å². The van der Waals surface area contributed by atoms with Gasteiger partial charge in [-0.25, -0.2) is 0 Å². The summed E-state index contributed by atoms with van der Waals surface area (Å²) in [5.41, 5.74) is 2.84. The van der Waals surface area contributed by atoms with Crippen molar-refractivity contribution in [3.05, 3.63) is 48.2 Å². The monoisotopic (exact) mass is 409 g/mol. The molecular weight excluding hydrogens is 366 g/mol. The molecule has 1 aromatic rings. The Bertz CT molecular complexity index is 498. The third-order valence-corrected chi connectivity index (χ3v) is 5.71. The average molecular weight is 410 g/mol. The van der Waals surface area contributed by atoms with E-state index >= 15 is 0 Å². The number of rotatable bonds is 16. The summed E-state index contributed by atoms with van der Waals surface area (Å²) in [5.74, 6) is 0. The van der Waals surface area contributed by atoms with Crippen LogP contribution in [0.1, 0.15) is 89.2 Å². The number of ether oxygens (including phenoxy) is 1. The molecule has 0 saturated carbocycles. The van der Waals surface area contributed by atoms with E-state index in [4.69, 9.17) is 4.74 Å². The third kappa shape index (κ3) is 11.8. The van der Waals surface area contributed by atoms with Crippen LogP contribution < -0.4 is 12.4 Å². The van der Waals surface area contributed by atoms with Gasteiger partial charge in [0.05, 0.1) is 20.4 Å². The first kappa shape index (κ1) is 27.0. The minimum absolute atomic E-state index is 0. The van der Waals surface area contributed by atoms with Crippen molar-refractivity contribution >= 4 is 0 Å². The predicted molar refractivity (Wildman–Crippen MR) is 119 cm³/mol. The summed E-state index contributed by atoms with van der Waals surface area (Å²) in [6.07, 6.45) is 16.9. The Morgan fingerprint density at radius 1 is 0.857 bits per heavy atom. The maximum absolute atomic E-state index is 5.56. The Labute approximate surface area is 181 Å². The number of nitrogens with zero attached hydrogens (tertiary/aromatic N) is 1. The molecule has 0 N–H and O–H groups in total. The van der Waals surface area contributed by atoms with Crippen molar-refractivity contribution in [3.8, 4) is 0 Å². The molecule has 0 spiro atoms. The Morgan fingerprint density at radius 3 is 1.82 bits per heavy atom. The first-order valence-corrected chi connectivity index (χ1v) is 11.2. The van der Waals surface area contributed by atoms with Crippen LogP contribution in [0.25, 0.3) is 0 Å². The van der Waals surface area contributed by atoms with Gasteiger partial charge in [-0.15, -0.1) is 0 Å². The number of hydrogen-bond acceptors (Lipinski definition) is 1. The smallest absolute Gasteiger partial charge is 0.229 e. The van der Waals surface area contributed by atoms with Crippen LogP contribution in [0.3, 0.4) is 0 Å². The van der Waals surface area contributed by atoms with Crippen molar-refractivity contribution in [2.75, 3.05) is 14.1 Å². The standard InChI is InChI=1S/C25H44NO.ClH/c1-6-8-9-10-11-12-13-14-15-16-17-24-18-20-25(21-19-24)22-26(4,5)23(3)27-7-2;/h7,18-21,23H,2,6,8-17,22H2,1,3-5H3;1H/q+1;/p-1. The molecule has 0 aliphatic heterocycles. The zero-order valence-corrected chi connectivity index (χ0v) is 19.6. The van der Waals surface area contributed by atoms with E-state index in [0.29, 0.717) is 0 Å². The lowest BCUT2D eigenvalue weighted by Crippen LogP contribution is -3.00. The van der Waals surface area contributed by atoms with Crippen LogP contribution in [-0.4, -0.2) is 24.8 Å². The molecule has 1 unspecified atom stereocenters. The molecular formula is C25H44ClNO. The zero-order chi connectivity index (χ0) is 20.0. The van der Waals surface area contributed by atoms with Gasteiger partial charge in [0.25, 0.3) is 0 Å². The maximum Gasteiger partial charge on any atom is 0.229 e. The molecule has 0 saturated heterocycles. The molecule has 0 fully saturated rings. The quantitative estimate of drug-likeness (QED) is 0.172. The molecule has 1 atom stereocenters. The van der Waals surface area contributed by atoms with Crippen LogP contribution in [-0.2, 0) is 17.7 Å². The lowest BCUT2D eigenvalue weighted by atomic mass is 10.0. The van der Waals surface area contributed by atoms with E-state index in [1.54, 1.807) is 6.26 Å². The van der Waals surface area contributed by atoms with Crippen LogP contribution in [0, 0.1) is 0 Å². The van der Waals surface area contributed by atoms with Gasteiger partial charge in [-0.2, -0.15) is 0 Å². The van der Waals surface area contributed by atoms with E-state index in [2.05, 4.69) is 58.8 Å². The van der Waals surface area contributed by atoms with Gasteiger partial charge >= 0.3 is 0 Å². The van der Waals surface area contributed by atoms with Gasteiger partial charge in [0, 0.05) is 12.5 Å². The first-order chi connectivity index (χ1) is 13.0. The highest BCUT2D eigenvalue weighted by Crippen LogP contribution is 2.17. The SMILES string of the molecule is C=COC(C)[N+](C)(C)Cc1ccc(CCCCCCCCCCCC)cc1.[Cl-]. The highest BCUT2D eigenvalue weighted by Gasteiger charge is 2.24. The molecule has 0 aromatic heterocycles. The summed E-state index contributed by atoms with van der Waals surface area (Å²) in [6, 6.07) is 9.18. The summed E-state index contributed by atoms with van der Waals surface area (Å²) < 4.78 is 6.35. The molecule has 2 nitrogen and oxygen atoms in total. The van der Waals surface area contributed by atoms with Gasteiger partial charge in [0.15, 0.2) is 0 Å². The molecule has 3 heteroatoms. The Hall–Kier alpha value is -0.990. The molecule has 0 heterocycles. The van der Waals surface area contributed by atoms with Gasteiger partial charge in [-0.3, -0.25) is 4.48 Å². The predicted octanol–water partition coefficient (Wildman–Crippen LogP) is 4.24. The maximum atomic E-state index is 5.56. The second-order valence-corrected chi connectivity index (χ2v) is 8.59. The number of benzene rings is 1. The van der Waals surface area contributed by atoms with Crippen molar-refractivity contribution in [1.29, 1.82) is 0 Å². The second kappa shape index (κ2) is 15.9. The normalized spacial score (nSPS) is 12.3. The summed E-state index contributed by atoms with van der Waals surface area (Å²) >= 11 is 0. The summed E-state index contributed by atoms with van der Waals surface area (Å²) in [5, 5.41) is 0. The van der Waals surface area contributed by atoms with Crippen LogP contribution in [0.4, 0.5) is 0 Å². The van der Waals surface area contributed by atoms with Crippen LogP contribution >= 0.6 is 0 Å². The van der Waals surface area contributed by atoms with Crippen LogP contribution in [0.2, 0.25) is 0 Å². The number of aryl methyl sites for hydroxylation is 1. The van der Waals surface area contributed by atoms with E-state index in [-0.39, 0.29) is 18.6 Å². The molecule has 0 bridgehead atoms. The van der Waals surface area contributed by atoms with Crippen LogP contribution in [0.15, 0.2) is 37.1 Å². The van der Waals surface area contributed by atoms with Gasteiger partial charge in [0.2, 0.25) is 6.23 Å². The Balaban J connectivity index is 0.00000729. The van der Waals surface area contributed by atoms with Crippen LogP contribution in [0.5, 0.6) is 0 Å². The first-order valence-electron chi connectivity index (χ1n) is 11.2. The van der Waals surface area contributed by atoms with E-state index in [0.717, 1.165) is 11.0 Å². The fourth-order valence-corrected chi connectivity index (χ4v) is 3.53. The molecule has 1 rings (SSSR count). The highest BCUT2D eigenvalue weighted by atomic mass is 35.5. The van der Waals surface area contributed by atoms with E-state index in [9.17, 15) is 0 Å². The molecule has 28 heavy (non-hydrogen) atoms. The fraction of sp³-hybridized carbons (Fsp3) is 0.680. The molecule has 0 aliphatic rings. The lowest BCUT2D eigenvalue weighted by Gasteiger charge is -2.34. The topological polar surface area (TPSA) is 9.23 Å². The summed E-state index contributed by atoms with van der Waals surface area (Å²) in [4.78, 5) is 0. The molecule has 1 aromatic carbocycles. The van der Waals surface area contributed by atoms with Crippen molar-refractivity contribution in [2.24, 2.45) is 0 Å². The Morgan fingerprint density at radius 2 is 1.32 bits per heavy atom. The molecule has 0 radical (unpaired) electrons. The molecule has 0 amide bonds. The fourth-order valence-electron chi connectivity index (χ4n) is 3.53. The minimum atomic E-state index is 0. The van der Waals surface area contributed by atoms with Crippen molar-refractivity contribution in [3.63, 3.8) is 0 Å². The third-order valence-electron chi connectivity index (χ3n) is 5.71. The largest absolute Gasteiger partial charge is 1.00 e. The van der Waals surface area contributed by atoms with E-state index in [1.165, 1.54) is 81.8 Å². The average Bonchev–Trinajstić information content (AvgIpc) is 2.64. The second-order valence-electron chi connectivity index (χ2n) is 8.59. The number of quaternary nitrogens is 1. The summed E-state index contributed by atoms with van der Waals surface area (Å²) in [6.45, 7) is 9.02. The molecule has 162 valence electrons. The van der Waals surface area contributed by atoms with E-state index < -0.39 is 0 Å². The number of halogens is 1. The number of unbranched alkanes of at least 4 members (excludes halogenated alkanes) is 9. The summed E-state index contributed by atoms with van der Waals surface area (Å²) in [7, 11) is 4.40. The van der Waals surface area contributed by atoms with Gasteiger partial charge in [-0.05, 0) is 18.4 Å². The minimum Gasteiger partial charge on any atom is -1.00 e. The van der Waals surface area contributed by atoms with Gasteiger partial charge < -0.3 is 17.1 Å². The van der Waals surface area contributed by atoms with Gasteiger partial charge in [0.1, 0.15) is 6.54 Å².